The van der Waals surface area contributed by atoms with Crippen molar-refractivity contribution in [3.8, 4) is 0 Å². The Bertz CT molecular complexity index is 664. The van der Waals surface area contributed by atoms with E-state index in [1.165, 1.54) is 6.92 Å². The van der Waals surface area contributed by atoms with Gasteiger partial charge in [-0.3, -0.25) is 19.3 Å². The van der Waals surface area contributed by atoms with Gasteiger partial charge in [-0.2, -0.15) is 0 Å². The lowest BCUT2D eigenvalue weighted by molar-refractivity contribution is -0.127. The predicted octanol–water partition coefficient (Wildman–Crippen LogP) is 2.47. The number of ketones is 2. The zero-order chi connectivity index (χ0) is 17.3. The molecule has 1 unspecified atom stereocenters. The number of rotatable bonds is 6. The second-order valence-electron chi connectivity index (χ2n) is 6.12. The predicted molar refractivity (Wildman–Crippen MR) is 85.4 cm³/mol. The Kier molecular flexibility index (Phi) is 4.78. The summed E-state index contributed by atoms with van der Waals surface area (Å²) < 4.78 is 0. The molecule has 1 aliphatic rings. The third-order valence-electron chi connectivity index (χ3n) is 4.34. The van der Waals surface area contributed by atoms with Crippen molar-refractivity contribution in [1.29, 1.82) is 0 Å². The van der Waals surface area contributed by atoms with Crippen molar-refractivity contribution in [2.75, 3.05) is 6.54 Å². The Labute approximate surface area is 135 Å². The SMILES string of the molecule is CCC(CC(C)=O)C(=O)CN1C(=O)c2c(C)ccc(C)c2C1=O. The standard InChI is InChI=1S/C18H21NO4/c1-5-13(8-12(4)20)14(21)9-19-17(22)15-10(2)6-7-11(3)16(15)18(19)23/h6-7,13H,5,8-9H2,1-4H3. The molecular weight excluding hydrogens is 294 g/mol. The van der Waals surface area contributed by atoms with Gasteiger partial charge in [0.05, 0.1) is 17.7 Å². The van der Waals surface area contributed by atoms with E-state index >= 15 is 0 Å². The lowest BCUT2D eigenvalue weighted by atomic mass is 9.95. The number of amides is 2. The molecule has 0 bridgehead atoms. The van der Waals surface area contributed by atoms with Gasteiger partial charge in [0.1, 0.15) is 5.78 Å². The van der Waals surface area contributed by atoms with Gasteiger partial charge in [0.15, 0.2) is 5.78 Å². The van der Waals surface area contributed by atoms with Gasteiger partial charge in [-0.1, -0.05) is 19.1 Å². The molecule has 0 aromatic heterocycles. The van der Waals surface area contributed by atoms with E-state index in [2.05, 4.69) is 0 Å². The Morgan fingerprint density at radius 1 is 1.04 bits per heavy atom. The average Bonchev–Trinajstić information content (AvgIpc) is 2.74. The maximum atomic E-state index is 12.5. The molecule has 0 saturated heterocycles. The minimum atomic E-state index is -0.445. The lowest BCUT2D eigenvalue weighted by Gasteiger charge is -2.17. The van der Waals surface area contributed by atoms with E-state index in [-0.39, 0.29) is 24.5 Å². The summed E-state index contributed by atoms with van der Waals surface area (Å²) in [6.07, 6.45) is 0.663. The number of Topliss-reactive ketones (excluding diaryl/α,β-unsaturated/α-hetero) is 2. The summed E-state index contributed by atoms with van der Waals surface area (Å²) in [4.78, 5) is 49.7. The third-order valence-corrected chi connectivity index (χ3v) is 4.34. The molecule has 1 aromatic rings. The molecule has 1 aromatic carbocycles. The van der Waals surface area contributed by atoms with E-state index < -0.39 is 17.7 Å². The Morgan fingerprint density at radius 2 is 1.52 bits per heavy atom. The molecule has 0 radical (unpaired) electrons. The van der Waals surface area contributed by atoms with E-state index in [1.807, 2.05) is 6.92 Å². The Morgan fingerprint density at radius 3 is 1.91 bits per heavy atom. The molecule has 23 heavy (non-hydrogen) atoms. The summed E-state index contributed by atoms with van der Waals surface area (Å²) in [6.45, 7) is 6.54. The minimum absolute atomic E-state index is 0.0701. The largest absolute Gasteiger partial charge is 0.300 e. The maximum absolute atomic E-state index is 12.5. The van der Waals surface area contributed by atoms with Crippen LogP contribution in [0.2, 0.25) is 0 Å². The third kappa shape index (κ3) is 3.09. The fraction of sp³-hybridized carbons (Fsp3) is 0.444. The Hall–Kier alpha value is -2.30. The smallest absolute Gasteiger partial charge is 0.262 e. The highest BCUT2D eigenvalue weighted by Crippen LogP contribution is 2.29. The van der Waals surface area contributed by atoms with Crippen molar-refractivity contribution in [3.05, 3.63) is 34.4 Å². The summed E-state index contributed by atoms with van der Waals surface area (Å²) in [5.74, 6) is -1.60. The van der Waals surface area contributed by atoms with Crippen molar-refractivity contribution < 1.29 is 19.2 Å². The normalized spacial score (nSPS) is 14.9. The Balaban J connectivity index is 2.26. The van der Waals surface area contributed by atoms with Crippen molar-refractivity contribution >= 4 is 23.4 Å². The van der Waals surface area contributed by atoms with Crippen LogP contribution < -0.4 is 0 Å². The minimum Gasteiger partial charge on any atom is -0.300 e. The molecule has 0 N–H and O–H groups in total. The lowest BCUT2D eigenvalue weighted by Crippen LogP contribution is -2.37. The zero-order valence-electron chi connectivity index (χ0n) is 13.9. The second-order valence-corrected chi connectivity index (χ2v) is 6.12. The van der Waals surface area contributed by atoms with E-state index in [0.29, 0.717) is 17.5 Å². The summed E-state index contributed by atoms with van der Waals surface area (Å²) in [7, 11) is 0. The molecule has 1 aliphatic heterocycles. The van der Waals surface area contributed by atoms with Crippen LogP contribution in [-0.4, -0.2) is 34.8 Å². The van der Waals surface area contributed by atoms with Gasteiger partial charge in [-0.05, 0) is 38.3 Å². The molecule has 0 spiro atoms. The summed E-state index contributed by atoms with van der Waals surface area (Å²) in [5.41, 5.74) is 2.24. The van der Waals surface area contributed by atoms with Crippen molar-refractivity contribution in [3.63, 3.8) is 0 Å². The van der Waals surface area contributed by atoms with Crippen LogP contribution in [0.3, 0.4) is 0 Å². The monoisotopic (exact) mass is 315 g/mol. The van der Waals surface area contributed by atoms with Crippen molar-refractivity contribution in [2.45, 2.75) is 40.5 Å². The highest BCUT2D eigenvalue weighted by molar-refractivity contribution is 6.23. The molecule has 0 aliphatic carbocycles. The summed E-state index contributed by atoms with van der Waals surface area (Å²) in [6, 6.07) is 3.60. The van der Waals surface area contributed by atoms with Crippen LogP contribution in [0.1, 0.15) is 58.5 Å². The summed E-state index contributed by atoms with van der Waals surface area (Å²) >= 11 is 0. The first kappa shape index (κ1) is 17.1. The first-order valence-corrected chi connectivity index (χ1v) is 7.76. The van der Waals surface area contributed by atoms with Gasteiger partial charge in [0, 0.05) is 12.3 Å². The first-order chi connectivity index (χ1) is 10.8. The molecule has 0 saturated carbocycles. The highest BCUT2D eigenvalue weighted by atomic mass is 16.2. The van der Waals surface area contributed by atoms with E-state index in [1.54, 1.807) is 26.0 Å². The van der Waals surface area contributed by atoms with Gasteiger partial charge < -0.3 is 4.79 Å². The van der Waals surface area contributed by atoms with E-state index in [0.717, 1.165) is 16.0 Å². The van der Waals surface area contributed by atoms with Gasteiger partial charge in [0.25, 0.3) is 11.8 Å². The average molecular weight is 315 g/mol. The molecule has 122 valence electrons. The summed E-state index contributed by atoms with van der Waals surface area (Å²) in [5, 5.41) is 0. The van der Waals surface area contributed by atoms with E-state index in [9.17, 15) is 19.2 Å². The highest BCUT2D eigenvalue weighted by Gasteiger charge is 2.39. The van der Waals surface area contributed by atoms with Crippen LogP contribution in [0.25, 0.3) is 0 Å². The number of hydrogen-bond donors (Lipinski definition) is 0. The number of hydrogen-bond acceptors (Lipinski definition) is 4. The number of carbonyl (C=O) groups excluding carboxylic acids is 4. The molecule has 2 rings (SSSR count). The number of fused-ring (bicyclic) bond motifs is 1. The van der Waals surface area contributed by atoms with Gasteiger partial charge in [-0.15, -0.1) is 0 Å². The van der Waals surface area contributed by atoms with Gasteiger partial charge in [-0.25, -0.2) is 0 Å². The zero-order valence-corrected chi connectivity index (χ0v) is 13.9. The van der Waals surface area contributed by atoms with Crippen LogP contribution >= 0.6 is 0 Å². The molecule has 2 amide bonds. The fourth-order valence-electron chi connectivity index (χ4n) is 2.99. The van der Waals surface area contributed by atoms with Crippen molar-refractivity contribution in [2.24, 2.45) is 5.92 Å². The first-order valence-electron chi connectivity index (χ1n) is 7.76. The molecule has 5 nitrogen and oxygen atoms in total. The number of benzene rings is 1. The molecule has 1 heterocycles. The van der Waals surface area contributed by atoms with E-state index in [4.69, 9.17) is 0 Å². The fourth-order valence-corrected chi connectivity index (χ4v) is 2.99. The number of carbonyl (C=O) groups is 4. The molecule has 0 fully saturated rings. The molecular formula is C18H21NO4. The number of nitrogens with zero attached hydrogens (tertiary/aromatic N) is 1. The van der Waals surface area contributed by atoms with Crippen molar-refractivity contribution in [1.82, 2.24) is 4.90 Å². The maximum Gasteiger partial charge on any atom is 0.262 e. The van der Waals surface area contributed by atoms with Crippen LogP contribution in [0.15, 0.2) is 12.1 Å². The van der Waals surface area contributed by atoms with Gasteiger partial charge in [0.2, 0.25) is 0 Å². The second kappa shape index (κ2) is 6.44. The quantitative estimate of drug-likeness (QED) is 0.756. The van der Waals surface area contributed by atoms with Crippen LogP contribution in [0.5, 0.6) is 0 Å². The molecule has 5 heteroatoms. The topological polar surface area (TPSA) is 71.5 Å². The van der Waals surface area contributed by atoms with Crippen LogP contribution in [-0.2, 0) is 9.59 Å². The van der Waals surface area contributed by atoms with Crippen LogP contribution in [0, 0.1) is 19.8 Å². The number of aryl methyl sites for hydroxylation is 2. The number of imide groups is 1. The van der Waals surface area contributed by atoms with Gasteiger partial charge >= 0.3 is 0 Å². The van der Waals surface area contributed by atoms with Crippen LogP contribution in [0.4, 0.5) is 0 Å². The molecule has 1 atom stereocenters.